The molecule has 6 nitrogen and oxygen atoms in total. The zero-order valence-corrected chi connectivity index (χ0v) is 11.4. The summed E-state index contributed by atoms with van der Waals surface area (Å²) in [6.45, 7) is 5.86. The third-order valence-corrected chi connectivity index (χ3v) is 2.82. The molecule has 0 radical (unpaired) electrons. The highest BCUT2D eigenvalue weighted by molar-refractivity contribution is 5.96. The lowest BCUT2D eigenvalue weighted by Crippen LogP contribution is -2.43. The summed E-state index contributed by atoms with van der Waals surface area (Å²) in [7, 11) is 0. The Morgan fingerprint density at radius 3 is 2.63 bits per heavy atom. The smallest absolute Gasteiger partial charge is 0.292 e. The van der Waals surface area contributed by atoms with Gasteiger partial charge in [0.15, 0.2) is 0 Å². The number of rotatable bonds is 5. The van der Waals surface area contributed by atoms with Crippen LogP contribution in [0.4, 0.5) is 11.4 Å². The molecule has 0 aliphatic rings. The van der Waals surface area contributed by atoms with E-state index in [1.165, 1.54) is 18.2 Å². The van der Waals surface area contributed by atoms with Crippen LogP contribution in [0.2, 0.25) is 0 Å². The van der Waals surface area contributed by atoms with E-state index in [4.69, 9.17) is 5.73 Å². The van der Waals surface area contributed by atoms with Crippen molar-refractivity contribution < 1.29 is 9.72 Å². The van der Waals surface area contributed by atoms with Gasteiger partial charge in [-0.15, -0.1) is 0 Å². The molecular formula is C13H19N3O3. The zero-order chi connectivity index (χ0) is 14.6. The molecule has 19 heavy (non-hydrogen) atoms. The van der Waals surface area contributed by atoms with Gasteiger partial charge in [0.1, 0.15) is 5.69 Å². The molecule has 0 spiro atoms. The number of nitro groups is 1. The van der Waals surface area contributed by atoms with E-state index in [9.17, 15) is 14.9 Å². The van der Waals surface area contributed by atoms with E-state index in [2.05, 4.69) is 5.32 Å². The summed E-state index contributed by atoms with van der Waals surface area (Å²) in [5.74, 6) is -0.332. The van der Waals surface area contributed by atoms with Gasteiger partial charge in [0.2, 0.25) is 0 Å². The van der Waals surface area contributed by atoms with Gasteiger partial charge in [0.25, 0.3) is 11.6 Å². The maximum atomic E-state index is 12.0. The summed E-state index contributed by atoms with van der Waals surface area (Å²) < 4.78 is 0. The summed E-state index contributed by atoms with van der Waals surface area (Å²) >= 11 is 0. The highest BCUT2D eigenvalue weighted by atomic mass is 16.6. The second-order valence-electron chi connectivity index (χ2n) is 5.12. The molecule has 0 fully saturated rings. The van der Waals surface area contributed by atoms with Gasteiger partial charge in [-0.1, -0.05) is 13.3 Å². The van der Waals surface area contributed by atoms with Gasteiger partial charge in [-0.05, 0) is 32.4 Å². The first-order valence-electron chi connectivity index (χ1n) is 6.13. The van der Waals surface area contributed by atoms with Gasteiger partial charge in [0.05, 0.1) is 4.92 Å². The number of nitrogens with one attached hydrogen (secondary N) is 1. The summed E-state index contributed by atoms with van der Waals surface area (Å²) in [5, 5.41) is 13.6. The predicted molar refractivity (Wildman–Crippen MR) is 74.0 cm³/mol. The minimum atomic E-state index is -0.594. The molecule has 1 amide bonds. The van der Waals surface area contributed by atoms with Crippen LogP contribution in [0.15, 0.2) is 18.2 Å². The van der Waals surface area contributed by atoms with Crippen LogP contribution in [0.25, 0.3) is 0 Å². The van der Waals surface area contributed by atoms with Crippen LogP contribution < -0.4 is 11.1 Å². The lowest BCUT2D eigenvalue weighted by Gasteiger charge is -2.25. The average molecular weight is 265 g/mol. The fourth-order valence-electron chi connectivity index (χ4n) is 1.91. The van der Waals surface area contributed by atoms with Crippen molar-refractivity contribution >= 4 is 17.3 Å². The fraction of sp³-hybridized carbons (Fsp3) is 0.462. The van der Waals surface area contributed by atoms with Gasteiger partial charge in [-0.2, -0.15) is 0 Å². The van der Waals surface area contributed by atoms with Gasteiger partial charge in [-0.3, -0.25) is 14.9 Å². The number of nitrogen functional groups attached to an aromatic ring is 1. The number of benzene rings is 1. The van der Waals surface area contributed by atoms with Crippen molar-refractivity contribution in [2.24, 2.45) is 0 Å². The molecule has 1 aromatic rings. The van der Waals surface area contributed by atoms with Crippen LogP contribution in [0.1, 0.15) is 44.0 Å². The van der Waals surface area contributed by atoms with Gasteiger partial charge >= 0.3 is 0 Å². The number of amides is 1. The average Bonchev–Trinajstić information content (AvgIpc) is 2.28. The van der Waals surface area contributed by atoms with E-state index in [0.29, 0.717) is 0 Å². The van der Waals surface area contributed by atoms with E-state index in [0.717, 1.165) is 12.8 Å². The van der Waals surface area contributed by atoms with Crippen molar-refractivity contribution in [1.82, 2.24) is 5.32 Å². The van der Waals surface area contributed by atoms with Crippen LogP contribution in [-0.2, 0) is 0 Å². The molecule has 0 bridgehead atoms. The third kappa shape index (κ3) is 3.94. The molecule has 104 valence electrons. The topological polar surface area (TPSA) is 98.3 Å². The molecule has 1 aromatic carbocycles. The molecule has 0 atom stereocenters. The third-order valence-electron chi connectivity index (χ3n) is 2.82. The quantitative estimate of drug-likeness (QED) is 0.485. The van der Waals surface area contributed by atoms with E-state index >= 15 is 0 Å². The number of hydrogen-bond donors (Lipinski definition) is 2. The van der Waals surface area contributed by atoms with E-state index in [-0.39, 0.29) is 28.4 Å². The van der Waals surface area contributed by atoms with Crippen LogP contribution in [0, 0.1) is 10.1 Å². The molecule has 0 saturated carbocycles. The molecular weight excluding hydrogens is 246 g/mol. The number of carbonyl (C=O) groups is 1. The van der Waals surface area contributed by atoms with Crippen molar-refractivity contribution in [2.75, 3.05) is 5.73 Å². The number of carbonyl (C=O) groups excluding carboxylic acids is 1. The molecule has 0 heterocycles. The van der Waals surface area contributed by atoms with E-state index < -0.39 is 4.92 Å². The van der Waals surface area contributed by atoms with Gasteiger partial charge in [-0.25, -0.2) is 0 Å². The first kappa shape index (κ1) is 14.9. The van der Waals surface area contributed by atoms with Crippen LogP contribution in [0.5, 0.6) is 0 Å². The minimum Gasteiger partial charge on any atom is -0.393 e. The van der Waals surface area contributed by atoms with Crippen molar-refractivity contribution in [3.8, 4) is 0 Å². The maximum absolute atomic E-state index is 12.0. The molecule has 6 heteroatoms. The summed E-state index contributed by atoms with van der Waals surface area (Å²) in [6.07, 6.45) is 1.77. The van der Waals surface area contributed by atoms with Crippen LogP contribution in [0.3, 0.4) is 0 Å². The number of anilines is 1. The Hall–Kier alpha value is -2.11. The first-order valence-corrected chi connectivity index (χ1v) is 6.13. The summed E-state index contributed by atoms with van der Waals surface area (Å²) in [5.41, 5.74) is 5.19. The standard InChI is InChI=1S/C13H19N3O3/c1-4-7-13(2,3)15-12(17)9-5-6-10(14)11(8-9)16(18)19/h5-6,8H,4,7,14H2,1-3H3,(H,15,17). The Morgan fingerprint density at radius 1 is 1.47 bits per heavy atom. The van der Waals surface area contributed by atoms with Gasteiger partial charge < -0.3 is 11.1 Å². The number of nitrogens with two attached hydrogens (primary N) is 1. The number of hydrogen-bond acceptors (Lipinski definition) is 4. The molecule has 0 saturated heterocycles. The SMILES string of the molecule is CCCC(C)(C)NC(=O)c1ccc(N)c([N+](=O)[O-])c1. The van der Waals surface area contributed by atoms with E-state index in [1.807, 2.05) is 20.8 Å². The lowest BCUT2D eigenvalue weighted by atomic mass is 9.98. The summed E-state index contributed by atoms with van der Waals surface area (Å²) in [4.78, 5) is 22.2. The Kier molecular flexibility index (Phi) is 4.47. The van der Waals surface area contributed by atoms with Crippen molar-refractivity contribution in [3.63, 3.8) is 0 Å². The minimum absolute atomic E-state index is 0.0503. The van der Waals surface area contributed by atoms with Crippen molar-refractivity contribution in [2.45, 2.75) is 39.2 Å². The Morgan fingerprint density at radius 2 is 2.11 bits per heavy atom. The molecule has 0 aromatic heterocycles. The molecule has 0 aliphatic carbocycles. The Bertz CT molecular complexity index is 498. The molecule has 1 rings (SSSR count). The summed E-state index contributed by atoms with van der Waals surface area (Å²) in [6, 6.07) is 4.06. The normalized spacial score (nSPS) is 11.1. The number of nitro benzene ring substituents is 1. The maximum Gasteiger partial charge on any atom is 0.292 e. The Balaban J connectivity index is 2.95. The molecule has 3 N–H and O–H groups in total. The lowest BCUT2D eigenvalue weighted by molar-refractivity contribution is -0.383. The fourth-order valence-corrected chi connectivity index (χ4v) is 1.91. The van der Waals surface area contributed by atoms with Crippen LogP contribution in [-0.4, -0.2) is 16.4 Å². The first-order chi connectivity index (χ1) is 8.76. The predicted octanol–water partition coefficient (Wildman–Crippen LogP) is 2.49. The monoisotopic (exact) mass is 265 g/mol. The highest BCUT2D eigenvalue weighted by Crippen LogP contribution is 2.22. The molecule has 0 unspecified atom stereocenters. The van der Waals surface area contributed by atoms with Crippen molar-refractivity contribution in [3.05, 3.63) is 33.9 Å². The van der Waals surface area contributed by atoms with Gasteiger partial charge in [0, 0.05) is 17.2 Å². The Labute approximate surface area is 112 Å². The second kappa shape index (κ2) is 5.69. The van der Waals surface area contributed by atoms with E-state index in [1.54, 1.807) is 0 Å². The zero-order valence-electron chi connectivity index (χ0n) is 11.4. The number of nitrogens with zero attached hydrogens (tertiary/aromatic N) is 1. The van der Waals surface area contributed by atoms with Crippen LogP contribution >= 0.6 is 0 Å². The second-order valence-corrected chi connectivity index (χ2v) is 5.12. The molecule has 0 aliphatic heterocycles. The highest BCUT2D eigenvalue weighted by Gasteiger charge is 2.22. The van der Waals surface area contributed by atoms with Crippen molar-refractivity contribution in [1.29, 1.82) is 0 Å². The largest absolute Gasteiger partial charge is 0.393 e.